The smallest absolute Gasteiger partial charge is 0.133 e. The maximum absolute atomic E-state index is 9.23. The number of aryl methyl sites for hydroxylation is 1. The first kappa shape index (κ1) is 12.5. The van der Waals surface area contributed by atoms with Crippen LogP contribution < -0.4 is 0 Å². The number of nitrogens with zero attached hydrogens (tertiary/aromatic N) is 2. The SMILES string of the molecule is CCc1nn(C(CC)CC)c(Cl)c1CO. The van der Waals surface area contributed by atoms with Crippen LogP contribution in [0.15, 0.2) is 0 Å². The lowest BCUT2D eigenvalue weighted by Gasteiger charge is -2.14. The van der Waals surface area contributed by atoms with Crippen molar-refractivity contribution in [3.8, 4) is 0 Å². The summed E-state index contributed by atoms with van der Waals surface area (Å²) >= 11 is 6.20. The van der Waals surface area contributed by atoms with Gasteiger partial charge in [-0.2, -0.15) is 5.10 Å². The molecule has 0 saturated heterocycles. The van der Waals surface area contributed by atoms with Crippen molar-refractivity contribution in [2.45, 2.75) is 52.7 Å². The molecule has 0 aromatic carbocycles. The summed E-state index contributed by atoms with van der Waals surface area (Å²) in [7, 11) is 0. The fraction of sp³-hybridized carbons (Fsp3) is 0.727. The maximum Gasteiger partial charge on any atom is 0.133 e. The molecule has 1 aromatic rings. The topological polar surface area (TPSA) is 38.0 Å². The van der Waals surface area contributed by atoms with Crippen LogP contribution in [0.3, 0.4) is 0 Å². The van der Waals surface area contributed by atoms with Gasteiger partial charge in [-0.15, -0.1) is 0 Å². The zero-order valence-corrected chi connectivity index (χ0v) is 10.4. The van der Waals surface area contributed by atoms with Crippen LogP contribution in [-0.4, -0.2) is 14.9 Å². The van der Waals surface area contributed by atoms with Crippen LogP contribution in [0.4, 0.5) is 0 Å². The van der Waals surface area contributed by atoms with E-state index in [9.17, 15) is 5.11 Å². The number of rotatable bonds is 5. The minimum atomic E-state index is -0.0256. The quantitative estimate of drug-likeness (QED) is 0.845. The zero-order chi connectivity index (χ0) is 11.4. The lowest BCUT2D eigenvalue weighted by atomic mass is 10.2. The molecule has 0 aliphatic heterocycles. The highest BCUT2D eigenvalue weighted by atomic mass is 35.5. The number of hydrogen-bond donors (Lipinski definition) is 1. The lowest BCUT2D eigenvalue weighted by molar-refractivity contribution is 0.280. The van der Waals surface area contributed by atoms with E-state index in [2.05, 4.69) is 18.9 Å². The molecule has 0 bridgehead atoms. The van der Waals surface area contributed by atoms with Gasteiger partial charge in [-0.3, -0.25) is 4.68 Å². The Morgan fingerprint density at radius 2 is 1.93 bits per heavy atom. The van der Waals surface area contributed by atoms with Crippen molar-refractivity contribution >= 4 is 11.6 Å². The molecule has 0 spiro atoms. The van der Waals surface area contributed by atoms with Crippen molar-refractivity contribution in [1.82, 2.24) is 9.78 Å². The third-order valence-corrected chi connectivity index (χ3v) is 3.21. The van der Waals surface area contributed by atoms with Crippen molar-refractivity contribution in [1.29, 1.82) is 0 Å². The van der Waals surface area contributed by atoms with Crippen LogP contribution in [-0.2, 0) is 13.0 Å². The third kappa shape index (κ3) is 2.34. The van der Waals surface area contributed by atoms with Gasteiger partial charge in [0.15, 0.2) is 0 Å². The summed E-state index contributed by atoms with van der Waals surface area (Å²) in [6.45, 7) is 6.24. The largest absolute Gasteiger partial charge is 0.391 e. The summed E-state index contributed by atoms with van der Waals surface area (Å²) in [6.07, 6.45) is 2.82. The van der Waals surface area contributed by atoms with Crippen LogP contribution >= 0.6 is 11.6 Å². The van der Waals surface area contributed by atoms with Gasteiger partial charge in [0.25, 0.3) is 0 Å². The van der Waals surface area contributed by atoms with E-state index in [1.807, 2.05) is 11.6 Å². The van der Waals surface area contributed by atoms with Crippen LogP contribution in [0.25, 0.3) is 0 Å². The second-order valence-corrected chi connectivity index (χ2v) is 4.00. The Balaban J connectivity index is 3.13. The van der Waals surface area contributed by atoms with E-state index in [-0.39, 0.29) is 6.61 Å². The number of aromatic nitrogens is 2. The molecule has 1 aromatic heterocycles. The summed E-state index contributed by atoms with van der Waals surface area (Å²) in [6, 6.07) is 0.336. The molecule has 0 aliphatic carbocycles. The first-order chi connectivity index (χ1) is 7.19. The number of aliphatic hydroxyl groups excluding tert-OH is 1. The third-order valence-electron chi connectivity index (χ3n) is 2.81. The van der Waals surface area contributed by atoms with E-state index < -0.39 is 0 Å². The second-order valence-electron chi connectivity index (χ2n) is 3.64. The van der Waals surface area contributed by atoms with Crippen LogP contribution in [0.5, 0.6) is 0 Å². The lowest BCUT2D eigenvalue weighted by Crippen LogP contribution is -2.09. The molecule has 0 fully saturated rings. The van der Waals surface area contributed by atoms with Gasteiger partial charge in [0.1, 0.15) is 5.15 Å². The van der Waals surface area contributed by atoms with Crippen molar-refractivity contribution in [3.63, 3.8) is 0 Å². The van der Waals surface area contributed by atoms with Crippen LogP contribution in [0.2, 0.25) is 5.15 Å². The molecule has 0 amide bonds. The minimum Gasteiger partial charge on any atom is -0.391 e. The Kier molecular flexibility index (Phi) is 4.61. The van der Waals surface area contributed by atoms with Gasteiger partial charge in [-0.05, 0) is 19.3 Å². The molecule has 3 nitrogen and oxygen atoms in total. The van der Waals surface area contributed by atoms with Crippen molar-refractivity contribution in [2.75, 3.05) is 0 Å². The first-order valence-corrected chi connectivity index (χ1v) is 5.93. The zero-order valence-electron chi connectivity index (χ0n) is 9.63. The number of halogens is 1. The Bertz CT molecular complexity index is 319. The average molecular weight is 231 g/mol. The van der Waals surface area contributed by atoms with E-state index in [4.69, 9.17) is 11.6 Å². The molecular formula is C11H19ClN2O. The van der Waals surface area contributed by atoms with Crippen LogP contribution in [0.1, 0.15) is 50.9 Å². The maximum atomic E-state index is 9.23. The van der Waals surface area contributed by atoms with E-state index in [0.29, 0.717) is 11.2 Å². The van der Waals surface area contributed by atoms with Gasteiger partial charge in [-0.25, -0.2) is 0 Å². The normalized spacial score (nSPS) is 11.3. The summed E-state index contributed by atoms with van der Waals surface area (Å²) in [4.78, 5) is 0. The first-order valence-electron chi connectivity index (χ1n) is 5.56. The summed E-state index contributed by atoms with van der Waals surface area (Å²) in [5, 5.41) is 14.3. The van der Waals surface area contributed by atoms with Gasteiger partial charge in [0.05, 0.1) is 18.3 Å². The fourth-order valence-corrected chi connectivity index (χ4v) is 2.15. The molecule has 0 atom stereocenters. The van der Waals surface area contributed by atoms with E-state index >= 15 is 0 Å². The van der Waals surface area contributed by atoms with E-state index in [1.165, 1.54) is 0 Å². The van der Waals surface area contributed by atoms with Crippen molar-refractivity contribution in [2.24, 2.45) is 0 Å². The Morgan fingerprint density at radius 3 is 2.27 bits per heavy atom. The monoisotopic (exact) mass is 230 g/mol. The van der Waals surface area contributed by atoms with Gasteiger partial charge < -0.3 is 5.11 Å². The van der Waals surface area contributed by atoms with Crippen LogP contribution in [0, 0.1) is 0 Å². The predicted octanol–water partition coefficient (Wildman–Crippen LogP) is 2.95. The molecule has 0 saturated carbocycles. The summed E-state index contributed by atoms with van der Waals surface area (Å²) in [5.41, 5.74) is 1.69. The molecule has 0 radical (unpaired) electrons. The molecule has 1 heterocycles. The van der Waals surface area contributed by atoms with Gasteiger partial charge in [0.2, 0.25) is 0 Å². The van der Waals surface area contributed by atoms with Gasteiger partial charge >= 0.3 is 0 Å². The second kappa shape index (κ2) is 5.52. The highest BCUT2D eigenvalue weighted by Crippen LogP contribution is 2.26. The summed E-state index contributed by atoms with van der Waals surface area (Å²) < 4.78 is 1.85. The standard InChI is InChI=1S/C11H19ClN2O/c1-4-8(5-2)14-11(12)9(7-15)10(6-3)13-14/h8,15H,4-7H2,1-3H3. The Labute approximate surface area is 96.1 Å². The molecule has 4 heteroatoms. The van der Waals surface area contributed by atoms with Crippen molar-refractivity contribution < 1.29 is 5.11 Å². The minimum absolute atomic E-state index is 0.0256. The highest BCUT2D eigenvalue weighted by molar-refractivity contribution is 6.30. The molecule has 0 unspecified atom stereocenters. The van der Waals surface area contributed by atoms with Crippen molar-refractivity contribution in [3.05, 3.63) is 16.4 Å². The molecule has 86 valence electrons. The van der Waals surface area contributed by atoms with Gasteiger partial charge in [-0.1, -0.05) is 32.4 Å². The summed E-state index contributed by atoms with van der Waals surface area (Å²) in [5.74, 6) is 0. The fourth-order valence-electron chi connectivity index (χ4n) is 1.81. The van der Waals surface area contributed by atoms with E-state index in [0.717, 1.165) is 30.5 Å². The Morgan fingerprint density at radius 1 is 1.33 bits per heavy atom. The molecule has 1 N–H and O–H groups in total. The Hall–Kier alpha value is -0.540. The molecule has 15 heavy (non-hydrogen) atoms. The molecular weight excluding hydrogens is 212 g/mol. The van der Waals surface area contributed by atoms with E-state index in [1.54, 1.807) is 0 Å². The average Bonchev–Trinajstić information content (AvgIpc) is 2.57. The molecule has 0 aliphatic rings. The number of hydrogen-bond acceptors (Lipinski definition) is 2. The predicted molar refractivity (Wildman–Crippen MR) is 62.2 cm³/mol. The number of aliphatic hydroxyl groups is 1. The highest BCUT2D eigenvalue weighted by Gasteiger charge is 2.18. The molecule has 1 rings (SSSR count). The van der Waals surface area contributed by atoms with Gasteiger partial charge in [0, 0.05) is 5.56 Å².